The van der Waals surface area contributed by atoms with Gasteiger partial charge >= 0.3 is 0 Å². The van der Waals surface area contributed by atoms with E-state index in [2.05, 4.69) is 46.8 Å². The van der Waals surface area contributed by atoms with Gasteiger partial charge in [-0.3, -0.25) is 0 Å². The zero-order valence-electron chi connectivity index (χ0n) is 21.0. The molecule has 3 fully saturated rings. The van der Waals surface area contributed by atoms with Crippen molar-refractivity contribution in [1.82, 2.24) is 0 Å². The van der Waals surface area contributed by atoms with Crippen LogP contribution in [0.1, 0.15) is 86.5 Å². The quantitative estimate of drug-likeness (QED) is 0.475. The van der Waals surface area contributed by atoms with Crippen molar-refractivity contribution in [3.05, 3.63) is 23.8 Å². The summed E-state index contributed by atoms with van der Waals surface area (Å²) < 4.78 is 0. The van der Waals surface area contributed by atoms with Crippen molar-refractivity contribution in [2.24, 2.45) is 40.4 Å². The summed E-state index contributed by atoms with van der Waals surface area (Å²) in [7, 11) is 0. The number of hydrogen-bond acceptors (Lipinski definition) is 4. The first kappa shape index (κ1) is 24.4. The molecule has 182 valence electrons. The summed E-state index contributed by atoms with van der Waals surface area (Å²) in [6.07, 6.45) is 9.79. The van der Waals surface area contributed by atoms with E-state index < -0.39 is 28.8 Å². The molecule has 0 aliphatic heterocycles. The molecule has 10 atom stereocenters. The summed E-state index contributed by atoms with van der Waals surface area (Å²) in [5.41, 5.74) is -2.40. The van der Waals surface area contributed by atoms with Gasteiger partial charge in [0.05, 0.1) is 11.7 Å². The van der Waals surface area contributed by atoms with Crippen molar-refractivity contribution >= 4 is 0 Å². The Balaban J connectivity index is 1.67. The van der Waals surface area contributed by atoms with E-state index in [4.69, 9.17) is 0 Å². The molecule has 0 aromatic carbocycles. The Bertz CT molecular complexity index is 788. The Labute approximate surface area is 194 Å². The van der Waals surface area contributed by atoms with Gasteiger partial charge in [-0.2, -0.15) is 0 Å². The Kier molecular flexibility index (Phi) is 6.06. The topological polar surface area (TPSA) is 80.9 Å². The molecule has 4 rings (SSSR count). The molecular weight excluding hydrogens is 400 g/mol. The zero-order valence-corrected chi connectivity index (χ0v) is 21.0. The van der Waals surface area contributed by atoms with Gasteiger partial charge in [0, 0.05) is 11.8 Å². The van der Waals surface area contributed by atoms with Crippen LogP contribution in [0.15, 0.2) is 23.8 Å². The lowest BCUT2D eigenvalue weighted by Gasteiger charge is -2.65. The fraction of sp³-hybridized carbons (Fsp3) is 0.857. The van der Waals surface area contributed by atoms with Gasteiger partial charge in [0.1, 0.15) is 11.7 Å². The van der Waals surface area contributed by atoms with Crippen LogP contribution in [0.25, 0.3) is 0 Å². The predicted molar refractivity (Wildman–Crippen MR) is 128 cm³/mol. The van der Waals surface area contributed by atoms with E-state index in [0.29, 0.717) is 42.9 Å². The molecule has 0 bridgehead atoms. The monoisotopic (exact) mass is 446 g/mol. The number of rotatable bonds is 4. The van der Waals surface area contributed by atoms with Crippen molar-refractivity contribution in [2.75, 3.05) is 0 Å². The molecular formula is C28H46O4. The molecule has 4 N–H and O–H groups in total. The maximum Gasteiger partial charge on any atom is 0.105 e. The van der Waals surface area contributed by atoms with E-state index in [1.807, 2.05) is 6.92 Å². The van der Waals surface area contributed by atoms with Crippen LogP contribution >= 0.6 is 0 Å². The molecule has 0 amide bonds. The largest absolute Gasteiger partial charge is 0.393 e. The van der Waals surface area contributed by atoms with Crippen LogP contribution in [0.2, 0.25) is 0 Å². The van der Waals surface area contributed by atoms with Crippen molar-refractivity contribution in [3.63, 3.8) is 0 Å². The zero-order chi connectivity index (χ0) is 23.7. The Morgan fingerprint density at radius 2 is 1.62 bits per heavy atom. The maximum atomic E-state index is 12.2. The maximum absolute atomic E-state index is 12.2. The molecule has 0 aromatic heterocycles. The van der Waals surface area contributed by atoms with Gasteiger partial charge in [-0.25, -0.2) is 0 Å². The lowest BCUT2D eigenvalue weighted by molar-refractivity contribution is -0.258. The molecule has 4 heteroatoms. The van der Waals surface area contributed by atoms with Crippen LogP contribution < -0.4 is 0 Å². The SMILES string of the molecule is CC(C)[C@@H](C)C=C[C@@H](C)[C@H]1CC[C@H]2C3=C[C@@H](O)[C@@]4(O)C[C@@H](O)CC[C@]4(C)[C@@]3(O)CC[C@]12C. The molecule has 0 heterocycles. The van der Waals surface area contributed by atoms with Crippen molar-refractivity contribution in [2.45, 2.75) is 110 Å². The van der Waals surface area contributed by atoms with Gasteiger partial charge in [-0.05, 0) is 79.1 Å². The summed E-state index contributed by atoms with van der Waals surface area (Å²) in [5, 5.41) is 45.2. The van der Waals surface area contributed by atoms with E-state index >= 15 is 0 Å². The smallest absolute Gasteiger partial charge is 0.105 e. The van der Waals surface area contributed by atoms with Crippen LogP contribution in [0.5, 0.6) is 0 Å². The highest BCUT2D eigenvalue weighted by Crippen LogP contribution is 2.69. The summed E-state index contributed by atoms with van der Waals surface area (Å²) in [6.45, 7) is 13.5. The summed E-state index contributed by atoms with van der Waals surface area (Å²) >= 11 is 0. The van der Waals surface area contributed by atoms with Gasteiger partial charge in [0.2, 0.25) is 0 Å². The van der Waals surface area contributed by atoms with Gasteiger partial charge in [0.25, 0.3) is 0 Å². The summed E-state index contributed by atoms with van der Waals surface area (Å²) in [5.74, 6) is 2.45. The number of hydrogen-bond donors (Lipinski definition) is 4. The van der Waals surface area contributed by atoms with E-state index in [-0.39, 0.29) is 17.8 Å². The third-order valence-corrected chi connectivity index (χ3v) is 10.9. The average molecular weight is 447 g/mol. The van der Waals surface area contributed by atoms with Crippen molar-refractivity contribution in [1.29, 1.82) is 0 Å². The lowest BCUT2D eigenvalue weighted by Crippen LogP contribution is -2.72. The highest BCUT2D eigenvalue weighted by Gasteiger charge is 2.70. The number of aliphatic hydroxyl groups is 4. The van der Waals surface area contributed by atoms with Gasteiger partial charge in [0.15, 0.2) is 0 Å². The van der Waals surface area contributed by atoms with Crippen LogP contribution in [0, 0.1) is 40.4 Å². The number of aliphatic hydroxyl groups excluding tert-OH is 2. The molecule has 4 aliphatic rings. The second kappa shape index (κ2) is 7.93. The van der Waals surface area contributed by atoms with E-state index in [0.717, 1.165) is 24.8 Å². The Morgan fingerprint density at radius 3 is 2.28 bits per heavy atom. The average Bonchev–Trinajstić information content (AvgIpc) is 3.07. The molecule has 0 radical (unpaired) electrons. The Hall–Kier alpha value is -0.680. The normalized spacial score (nSPS) is 50.5. The minimum Gasteiger partial charge on any atom is -0.393 e. The van der Waals surface area contributed by atoms with Crippen molar-refractivity contribution in [3.8, 4) is 0 Å². The minimum atomic E-state index is -1.49. The summed E-state index contributed by atoms with van der Waals surface area (Å²) in [6, 6.07) is 0. The predicted octanol–water partition coefficient (Wildman–Crippen LogP) is 4.61. The molecule has 0 saturated heterocycles. The van der Waals surface area contributed by atoms with Gasteiger partial charge in [-0.15, -0.1) is 0 Å². The molecule has 0 spiro atoms. The standard InChI is InChI=1S/C28H46O4/c1-17(2)18(3)7-8-19(4)21-9-10-22-23-15-24(30)28(32)16-20(29)11-12-26(28,6)27(23,31)14-13-25(21,22)5/h7-8,15,17-22,24,29-32H,9-14,16H2,1-6H3/t18-,19+,20-,21+,22-,24+,25+,26+,27+,28-/m0/s1. The third-order valence-electron chi connectivity index (χ3n) is 10.9. The highest BCUT2D eigenvalue weighted by atomic mass is 16.4. The Morgan fingerprint density at radius 1 is 0.938 bits per heavy atom. The fourth-order valence-electron chi connectivity index (χ4n) is 8.11. The number of allylic oxidation sites excluding steroid dienone is 2. The van der Waals surface area contributed by atoms with Crippen molar-refractivity contribution < 1.29 is 20.4 Å². The molecule has 32 heavy (non-hydrogen) atoms. The van der Waals surface area contributed by atoms with E-state index in [1.165, 1.54) is 0 Å². The first-order valence-corrected chi connectivity index (χ1v) is 13.0. The van der Waals surface area contributed by atoms with E-state index in [9.17, 15) is 20.4 Å². The van der Waals surface area contributed by atoms with Gasteiger partial charge in [-0.1, -0.05) is 59.8 Å². The molecule has 0 unspecified atom stereocenters. The third kappa shape index (κ3) is 3.23. The lowest BCUT2D eigenvalue weighted by atomic mass is 9.43. The van der Waals surface area contributed by atoms with Crippen LogP contribution in [0.4, 0.5) is 0 Å². The summed E-state index contributed by atoms with van der Waals surface area (Å²) in [4.78, 5) is 0. The first-order chi connectivity index (χ1) is 14.8. The molecule has 4 aliphatic carbocycles. The van der Waals surface area contributed by atoms with Crippen LogP contribution in [-0.2, 0) is 0 Å². The van der Waals surface area contributed by atoms with E-state index in [1.54, 1.807) is 6.08 Å². The fourth-order valence-corrected chi connectivity index (χ4v) is 8.11. The molecule has 4 nitrogen and oxygen atoms in total. The van der Waals surface area contributed by atoms with Gasteiger partial charge < -0.3 is 20.4 Å². The minimum absolute atomic E-state index is 0.0859. The molecule has 0 aromatic rings. The number of fused-ring (bicyclic) bond motifs is 5. The van der Waals surface area contributed by atoms with Crippen LogP contribution in [-0.4, -0.2) is 43.8 Å². The van der Waals surface area contributed by atoms with Crippen LogP contribution in [0.3, 0.4) is 0 Å². The second-order valence-corrected chi connectivity index (χ2v) is 12.7. The second-order valence-electron chi connectivity index (χ2n) is 12.7. The first-order valence-electron chi connectivity index (χ1n) is 13.0. The molecule has 3 saturated carbocycles. The highest BCUT2D eigenvalue weighted by molar-refractivity contribution is 5.40.